The van der Waals surface area contributed by atoms with Crippen molar-refractivity contribution in [2.75, 3.05) is 46.1 Å². The lowest BCUT2D eigenvalue weighted by Gasteiger charge is -2.22. The van der Waals surface area contributed by atoms with Crippen molar-refractivity contribution in [2.24, 2.45) is 0 Å². The molecule has 1 aliphatic heterocycles. The molecule has 0 bridgehead atoms. The first-order valence-corrected chi connectivity index (χ1v) is 7.02. The number of likely N-dealkylation sites (N-methyl/N-ethyl adjacent to an activating group) is 1. The van der Waals surface area contributed by atoms with Gasteiger partial charge in [0.05, 0.1) is 7.11 Å². The van der Waals surface area contributed by atoms with E-state index in [1.807, 2.05) is 18.2 Å². The number of benzene rings is 1. The van der Waals surface area contributed by atoms with Crippen LogP contribution < -0.4 is 10.5 Å². The standard InChI is InChI=1S/C15H25N3O/c1-17(9-10-18-7-3-4-8-18)12-13-11-14(16)5-6-15(13)19-2/h5-6,11H,3-4,7-10,12,16H2,1-2H3. The van der Waals surface area contributed by atoms with Gasteiger partial charge in [0.25, 0.3) is 0 Å². The molecule has 4 nitrogen and oxygen atoms in total. The van der Waals surface area contributed by atoms with E-state index in [1.165, 1.54) is 25.9 Å². The van der Waals surface area contributed by atoms with E-state index in [4.69, 9.17) is 10.5 Å². The monoisotopic (exact) mass is 263 g/mol. The minimum absolute atomic E-state index is 0.795. The van der Waals surface area contributed by atoms with Gasteiger partial charge >= 0.3 is 0 Å². The summed E-state index contributed by atoms with van der Waals surface area (Å²) >= 11 is 0. The smallest absolute Gasteiger partial charge is 0.123 e. The SMILES string of the molecule is COc1ccc(N)cc1CN(C)CCN1CCCC1. The van der Waals surface area contributed by atoms with E-state index in [0.29, 0.717) is 0 Å². The third-order valence-electron chi connectivity index (χ3n) is 3.74. The topological polar surface area (TPSA) is 41.7 Å². The van der Waals surface area contributed by atoms with Crippen LogP contribution in [0.2, 0.25) is 0 Å². The molecule has 0 aromatic heterocycles. The largest absolute Gasteiger partial charge is 0.496 e. The van der Waals surface area contributed by atoms with Gasteiger partial charge in [0, 0.05) is 30.9 Å². The molecule has 2 rings (SSSR count). The number of nitrogens with zero attached hydrogens (tertiary/aromatic N) is 2. The summed E-state index contributed by atoms with van der Waals surface area (Å²) in [6, 6.07) is 5.83. The lowest BCUT2D eigenvalue weighted by Crippen LogP contribution is -2.31. The Hall–Kier alpha value is -1.26. The molecule has 1 aromatic rings. The van der Waals surface area contributed by atoms with Crippen molar-refractivity contribution in [3.05, 3.63) is 23.8 Å². The quantitative estimate of drug-likeness (QED) is 0.795. The molecule has 106 valence electrons. The molecule has 0 amide bonds. The molecule has 1 aliphatic rings. The zero-order valence-electron chi connectivity index (χ0n) is 12.1. The Bertz CT molecular complexity index is 402. The normalized spacial score (nSPS) is 16.2. The van der Waals surface area contributed by atoms with Crippen molar-refractivity contribution < 1.29 is 4.74 Å². The number of ether oxygens (including phenoxy) is 1. The highest BCUT2D eigenvalue weighted by molar-refractivity contribution is 5.47. The van der Waals surface area contributed by atoms with E-state index in [9.17, 15) is 0 Å². The second-order valence-corrected chi connectivity index (χ2v) is 5.36. The molecular weight excluding hydrogens is 238 g/mol. The Kier molecular flexibility index (Phi) is 5.05. The summed E-state index contributed by atoms with van der Waals surface area (Å²) < 4.78 is 5.39. The third kappa shape index (κ3) is 4.11. The van der Waals surface area contributed by atoms with Gasteiger partial charge in [-0.15, -0.1) is 0 Å². The molecule has 0 spiro atoms. The number of hydrogen-bond donors (Lipinski definition) is 1. The van der Waals surface area contributed by atoms with Crippen LogP contribution in [0, 0.1) is 0 Å². The Morgan fingerprint density at radius 1 is 1.32 bits per heavy atom. The fraction of sp³-hybridized carbons (Fsp3) is 0.600. The third-order valence-corrected chi connectivity index (χ3v) is 3.74. The second kappa shape index (κ2) is 6.78. The zero-order chi connectivity index (χ0) is 13.7. The number of nitrogens with two attached hydrogens (primary N) is 1. The summed E-state index contributed by atoms with van der Waals surface area (Å²) in [5.74, 6) is 0.919. The van der Waals surface area contributed by atoms with Gasteiger partial charge in [0.1, 0.15) is 5.75 Å². The highest BCUT2D eigenvalue weighted by atomic mass is 16.5. The maximum atomic E-state index is 5.85. The van der Waals surface area contributed by atoms with Crippen LogP contribution in [0.25, 0.3) is 0 Å². The van der Waals surface area contributed by atoms with Crippen molar-refractivity contribution in [1.29, 1.82) is 0 Å². The van der Waals surface area contributed by atoms with Crippen LogP contribution in [0.4, 0.5) is 5.69 Å². The fourth-order valence-electron chi connectivity index (χ4n) is 2.61. The highest BCUT2D eigenvalue weighted by Crippen LogP contribution is 2.22. The van der Waals surface area contributed by atoms with Crippen molar-refractivity contribution in [3.8, 4) is 5.75 Å². The molecule has 0 atom stereocenters. The summed E-state index contributed by atoms with van der Waals surface area (Å²) in [7, 11) is 3.86. The fourth-order valence-corrected chi connectivity index (χ4v) is 2.61. The molecular formula is C15H25N3O. The van der Waals surface area contributed by atoms with Gasteiger partial charge in [-0.1, -0.05) is 0 Å². The van der Waals surface area contributed by atoms with Gasteiger partial charge < -0.3 is 20.3 Å². The number of methoxy groups -OCH3 is 1. The predicted octanol–water partition coefficient (Wildman–Crippen LogP) is 1.80. The maximum absolute atomic E-state index is 5.85. The number of likely N-dealkylation sites (tertiary alicyclic amines) is 1. The molecule has 0 radical (unpaired) electrons. The number of rotatable bonds is 6. The van der Waals surface area contributed by atoms with Gasteiger partial charge in [-0.25, -0.2) is 0 Å². The van der Waals surface area contributed by atoms with Crippen LogP contribution in [0.5, 0.6) is 5.75 Å². The summed E-state index contributed by atoms with van der Waals surface area (Å²) in [6.45, 7) is 5.63. The van der Waals surface area contributed by atoms with Crippen molar-refractivity contribution >= 4 is 5.69 Å². The molecule has 1 fully saturated rings. The molecule has 0 unspecified atom stereocenters. The Morgan fingerprint density at radius 2 is 2.05 bits per heavy atom. The van der Waals surface area contributed by atoms with Crippen LogP contribution in [-0.4, -0.2) is 50.1 Å². The number of hydrogen-bond acceptors (Lipinski definition) is 4. The Morgan fingerprint density at radius 3 is 2.74 bits per heavy atom. The molecule has 1 heterocycles. The number of anilines is 1. The average Bonchev–Trinajstić information content (AvgIpc) is 2.90. The summed E-state index contributed by atoms with van der Waals surface area (Å²) in [5, 5.41) is 0. The Labute approximate surface area is 116 Å². The minimum atomic E-state index is 0.795. The van der Waals surface area contributed by atoms with E-state index >= 15 is 0 Å². The lowest BCUT2D eigenvalue weighted by atomic mass is 10.1. The van der Waals surface area contributed by atoms with Crippen molar-refractivity contribution in [1.82, 2.24) is 9.80 Å². The van der Waals surface area contributed by atoms with Crippen LogP contribution >= 0.6 is 0 Å². The molecule has 0 aliphatic carbocycles. The van der Waals surface area contributed by atoms with Gasteiger partial charge in [0.15, 0.2) is 0 Å². The highest BCUT2D eigenvalue weighted by Gasteiger charge is 2.12. The van der Waals surface area contributed by atoms with E-state index < -0.39 is 0 Å². The van der Waals surface area contributed by atoms with Gasteiger partial charge in [0.2, 0.25) is 0 Å². The predicted molar refractivity (Wildman–Crippen MR) is 79.4 cm³/mol. The second-order valence-electron chi connectivity index (χ2n) is 5.36. The van der Waals surface area contributed by atoms with Crippen molar-refractivity contribution in [2.45, 2.75) is 19.4 Å². The van der Waals surface area contributed by atoms with Crippen LogP contribution in [0.3, 0.4) is 0 Å². The molecule has 0 saturated carbocycles. The molecule has 19 heavy (non-hydrogen) atoms. The van der Waals surface area contributed by atoms with Crippen molar-refractivity contribution in [3.63, 3.8) is 0 Å². The van der Waals surface area contributed by atoms with Crippen LogP contribution in [0.1, 0.15) is 18.4 Å². The van der Waals surface area contributed by atoms with E-state index in [-0.39, 0.29) is 0 Å². The van der Waals surface area contributed by atoms with Gasteiger partial charge in [-0.2, -0.15) is 0 Å². The average molecular weight is 263 g/mol. The maximum Gasteiger partial charge on any atom is 0.123 e. The van der Waals surface area contributed by atoms with Gasteiger partial charge in [-0.3, -0.25) is 0 Å². The summed E-state index contributed by atoms with van der Waals surface area (Å²) in [5.41, 5.74) is 7.80. The molecule has 1 aromatic carbocycles. The van der Waals surface area contributed by atoms with Gasteiger partial charge in [-0.05, 0) is 51.2 Å². The zero-order valence-corrected chi connectivity index (χ0v) is 12.1. The molecule has 4 heteroatoms. The van der Waals surface area contributed by atoms with E-state index in [1.54, 1.807) is 7.11 Å². The first kappa shape index (κ1) is 14.2. The lowest BCUT2D eigenvalue weighted by molar-refractivity contribution is 0.250. The summed E-state index contributed by atoms with van der Waals surface area (Å²) in [6.07, 6.45) is 2.71. The summed E-state index contributed by atoms with van der Waals surface area (Å²) in [4.78, 5) is 4.86. The number of nitrogen functional groups attached to an aromatic ring is 1. The van der Waals surface area contributed by atoms with Crippen LogP contribution in [0.15, 0.2) is 18.2 Å². The molecule has 1 saturated heterocycles. The first-order valence-electron chi connectivity index (χ1n) is 7.02. The first-order chi connectivity index (χ1) is 9.19. The Balaban J connectivity index is 1.86. The minimum Gasteiger partial charge on any atom is -0.496 e. The van der Waals surface area contributed by atoms with Crippen LogP contribution in [-0.2, 0) is 6.54 Å². The van der Waals surface area contributed by atoms with E-state index in [0.717, 1.165) is 36.6 Å². The van der Waals surface area contributed by atoms with E-state index in [2.05, 4.69) is 16.8 Å². The molecule has 2 N–H and O–H groups in total.